The first kappa shape index (κ1) is 10.1. The second-order valence-corrected chi connectivity index (χ2v) is 3.72. The molecule has 1 heterocycles. The van der Waals surface area contributed by atoms with Gasteiger partial charge in [-0.25, -0.2) is 9.07 Å². The molecule has 1 aromatic heterocycles. The minimum atomic E-state index is -0.415. The van der Waals surface area contributed by atoms with Gasteiger partial charge in [0.2, 0.25) is 0 Å². The number of hydrogen-bond acceptors (Lipinski definition) is 2. The summed E-state index contributed by atoms with van der Waals surface area (Å²) >= 11 is 5.66. The molecule has 1 aromatic carbocycles. The first-order valence-corrected chi connectivity index (χ1v) is 4.81. The maximum atomic E-state index is 13.5. The van der Waals surface area contributed by atoms with Gasteiger partial charge in [-0.15, -0.1) is 5.10 Å². The first-order chi connectivity index (χ1) is 7.09. The van der Waals surface area contributed by atoms with Crippen LogP contribution in [0.15, 0.2) is 18.3 Å². The van der Waals surface area contributed by atoms with E-state index in [-0.39, 0.29) is 5.02 Å². The van der Waals surface area contributed by atoms with Gasteiger partial charge in [0.15, 0.2) is 0 Å². The highest BCUT2D eigenvalue weighted by atomic mass is 35.5. The largest absolute Gasteiger partial charge is 0.220 e. The van der Waals surface area contributed by atoms with Crippen LogP contribution in [0.2, 0.25) is 5.02 Å². The lowest BCUT2D eigenvalue weighted by molar-refractivity contribution is 0.615. The standard InChI is InChI=1S/C10H9ClFN3/c1-6-5-15(14-13-6)9-4-3-8(11)10(12)7(9)2/h3-5H,1-2H3. The van der Waals surface area contributed by atoms with Crippen molar-refractivity contribution in [2.24, 2.45) is 0 Å². The van der Waals surface area contributed by atoms with E-state index in [0.717, 1.165) is 5.69 Å². The van der Waals surface area contributed by atoms with Crippen molar-refractivity contribution in [2.45, 2.75) is 13.8 Å². The van der Waals surface area contributed by atoms with Gasteiger partial charge in [-0.05, 0) is 26.0 Å². The van der Waals surface area contributed by atoms with Gasteiger partial charge in [-0.2, -0.15) is 0 Å². The summed E-state index contributed by atoms with van der Waals surface area (Å²) in [6.07, 6.45) is 1.73. The molecule has 2 rings (SSSR count). The molecule has 0 N–H and O–H groups in total. The zero-order valence-electron chi connectivity index (χ0n) is 8.33. The monoisotopic (exact) mass is 225 g/mol. The minimum Gasteiger partial charge on any atom is -0.220 e. The second kappa shape index (κ2) is 3.62. The van der Waals surface area contributed by atoms with E-state index < -0.39 is 5.82 Å². The van der Waals surface area contributed by atoms with E-state index >= 15 is 0 Å². The average molecular weight is 226 g/mol. The summed E-state index contributed by atoms with van der Waals surface area (Å²) in [6.45, 7) is 3.48. The van der Waals surface area contributed by atoms with Gasteiger partial charge in [-0.3, -0.25) is 0 Å². The van der Waals surface area contributed by atoms with E-state index in [2.05, 4.69) is 10.3 Å². The molecule has 78 valence electrons. The smallest absolute Gasteiger partial charge is 0.146 e. The molecule has 0 amide bonds. The average Bonchev–Trinajstić information content (AvgIpc) is 2.61. The van der Waals surface area contributed by atoms with E-state index in [1.165, 1.54) is 10.7 Å². The highest BCUT2D eigenvalue weighted by Gasteiger charge is 2.10. The van der Waals surface area contributed by atoms with Crippen LogP contribution < -0.4 is 0 Å². The fraction of sp³-hybridized carbons (Fsp3) is 0.200. The molecule has 0 aliphatic rings. The fourth-order valence-electron chi connectivity index (χ4n) is 1.36. The van der Waals surface area contributed by atoms with E-state index in [9.17, 15) is 4.39 Å². The zero-order chi connectivity index (χ0) is 11.0. The summed E-state index contributed by atoms with van der Waals surface area (Å²) in [5.41, 5.74) is 1.90. The van der Waals surface area contributed by atoms with Gasteiger partial charge < -0.3 is 0 Å². The van der Waals surface area contributed by atoms with Crippen molar-refractivity contribution in [1.82, 2.24) is 15.0 Å². The Morgan fingerprint density at radius 3 is 2.67 bits per heavy atom. The Hall–Kier alpha value is -1.42. The Balaban J connectivity index is 2.59. The molecule has 0 saturated heterocycles. The van der Waals surface area contributed by atoms with E-state index in [4.69, 9.17) is 11.6 Å². The lowest BCUT2D eigenvalue weighted by atomic mass is 10.2. The van der Waals surface area contributed by atoms with Gasteiger partial charge in [0.1, 0.15) is 5.82 Å². The molecule has 0 aliphatic carbocycles. The highest BCUT2D eigenvalue weighted by molar-refractivity contribution is 6.30. The van der Waals surface area contributed by atoms with Gasteiger partial charge in [-0.1, -0.05) is 16.8 Å². The molecule has 0 fully saturated rings. The summed E-state index contributed by atoms with van der Waals surface area (Å²) in [7, 11) is 0. The molecular formula is C10H9ClFN3. The van der Waals surface area contributed by atoms with E-state index in [0.29, 0.717) is 11.3 Å². The number of rotatable bonds is 1. The second-order valence-electron chi connectivity index (χ2n) is 3.31. The normalized spacial score (nSPS) is 10.7. The number of aromatic nitrogens is 3. The van der Waals surface area contributed by atoms with Crippen molar-refractivity contribution in [1.29, 1.82) is 0 Å². The molecule has 0 bridgehead atoms. The van der Waals surface area contributed by atoms with E-state index in [1.807, 2.05) is 6.92 Å². The molecule has 3 nitrogen and oxygen atoms in total. The van der Waals surface area contributed by atoms with Crippen LogP contribution in [0.1, 0.15) is 11.3 Å². The SMILES string of the molecule is Cc1cn(-c2ccc(Cl)c(F)c2C)nn1. The molecule has 0 radical (unpaired) electrons. The molecular weight excluding hydrogens is 217 g/mol. The lowest BCUT2D eigenvalue weighted by Gasteiger charge is -2.06. The predicted molar refractivity (Wildman–Crippen MR) is 55.8 cm³/mol. The van der Waals surface area contributed by atoms with Gasteiger partial charge in [0, 0.05) is 5.56 Å². The summed E-state index contributed by atoms with van der Waals surface area (Å²) in [5, 5.41) is 7.84. The van der Waals surface area contributed by atoms with Gasteiger partial charge in [0.25, 0.3) is 0 Å². The summed E-state index contributed by atoms with van der Waals surface area (Å²) in [5.74, 6) is -0.415. The van der Waals surface area contributed by atoms with E-state index in [1.54, 1.807) is 19.2 Å². The van der Waals surface area contributed by atoms with Crippen molar-refractivity contribution in [3.63, 3.8) is 0 Å². The Kier molecular flexibility index (Phi) is 2.44. The molecule has 0 unspecified atom stereocenters. The fourth-order valence-corrected chi connectivity index (χ4v) is 1.56. The Bertz CT molecular complexity index is 507. The molecule has 0 aliphatic heterocycles. The van der Waals surface area contributed by atoms with Crippen molar-refractivity contribution < 1.29 is 4.39 Å². The number of aryl methyl sites for hydroxylation is 1. The third-order valence-corrected chi connectivity index (χ3v) is 2.46. The third-order valence-electron chi connectivity index (χ3n) is 2.17. The zero-order valence-corrected chi connectivity index (χ0v) is 9.09. The van der Waals surface area contributed by atoms with Crippen molar-refractivity contribution in [3.05, 3.63) is 40.4 Å². The molecule has 15 heavy (non-hydrogen) atoms. The minimum absolute atomic E-state index is 0.119. The molecule has 2 aromatic rings. The maximum absolute atomic E-state index is 13.5. The number of halogens is 2. The first-order valence-electron chi connectivity index (χ1n) is 4.43. The Labute approximate surface area is 91.5 Å². The van der Waals surface area contributed by atoms with Crippen LogP contribution in [0.4, 0.5) is 4.39 Å². The van der Waals surface area contributed by atoms with Crippen LogP contribution in [0.5, 0.6) is 0 Å². The number of hydrogen-bond donors (Lipinski definition) is 0. The van der Waals surface area contributed by atoms with Crippen molar-refractivity contribution in [2.75, 3.05) is 0 Å². The van der Waals surface area contributed by atoms with Gasteiger partial charge >= 0.3 is 0 Å². The number of nitrogens with zero attached hydrogens (tertiary/aromatic N) is 3. The van der Waals surface area contributed by atoms with Crippen LogP contribution in [0, 0.1) is 19.7 Å². The molecule has 5 heteroatoms. The molecule has 0 saturated carbocycles. The Morgan fingerprint density at radius 2 is 2.07 bits per heavy atom. The highest BCUT2D eigenvalue weighted by Crippen LogP contribution is 2.23. The summed E-state index contributed by atoms with van der Waals surface area (Å²) in [4.78, 5) is 0. The predicted octanol–water partition coefficient (Wildman–Crippen LogP) is 2.68. The molecule has 0 atom stereocenters. The lowest BCUT2D eigenvalue weighted by Crippen LogP contribution is -2.00. The van der Waals surface area contributed by atoms with Crippen molar-refractivity contribution in [3.8, 4) is 5.69 Å². The van der Waals surface area contributed by atoms with Crippen LogP contribution in [-0.4, -0.2) is 15.0 Å². The van der Waals surface area contributed by atoms with Crippen LogP contribution in [-0.2, 0) is 0 Å². The van der Waals surface area contributed by atoms with Crippen LogP contribution >= 0.6 is 11.6 Å². The summed E-state index contributed by atoms with van der Waals surface area (Å²) < 4.78 is 15.0. The quantitative estimate of drug-likeness (QED) is 0.747. The third kappa shape index (κ3) is 1.72. The Morgan fingerprint density at radius 1 is 1.33 bits per heavy atom. The summed E-state index contributed by atoms with van der Waals surface area (Å²) in [6, 6.07) is 3.23. The number of benzene rings is 1. The topological polar surface area (TPSA) is 30.7 Å². The van der Waals surface area contributed by atoms with Gasteiger partial charge in [0.05, 0.1) is 22.6 Å². The van der Waals surface area contributed by atoms with Crippen LogP contribution in [0.25, 0.3) is 5.69 Å². The maximum Gasteiger partial charge on any atom is 0.146 e. The van der Waals surface area contributed by atoms with Crippen molar-refractivity contribution >= 4 is 11.6 Å². The molecule has 0 spiro atoms. The van der Waals surface area contributed by atoms with Crippen LogP contribution in [0.3, 0.4) is 0 Å².